The minimum Gasteiger partial charge on any atom is -0.504 e. The molecule has 2 aromatic carbocycles. The van der Waals surface area contributed by atoms with Gasteiger partial charge < -0.3 is 19.3 Å². The first kappa shape index (κ1) is 20.6. The number of hydrogen-bond donors (Lipinski definition) is 1. The second kappa shape index (κ2) is 9.83. The van der Waals surface area contributed by atoms with Crippen molar-refractivity contribution in [3.8, 4) is 23.0 Å². The highest BCUT2D eigenvalue weighted by atomic mass is 79.9. The molecule has 0 saturated heterocycles. The summed E-state index contributed by atoms with van der Waals surface area (Å²) in [7, 11) is 1.43. The number of phenolic OH excluding ortho intramolecular Hbond substituents is 1. The maximum Gasteiger partial charge on any atom is 0.185 e. The summed E-state index contributed by atoms with van der Waals surface area (Å²) in [6.07, 6.45) is 4.79. The molecule has 5 nitrogen and oxygen atoms in total. The Morgan fingerprint density at radius 1 is 1.22 bits per heavy atom. The second-order valence-electron chi connectivity index (χ2n) is 5.45. The number of carbonyl (C=O) groups excluding carboxylic acids is 1. The minimum absolute atomic E-state index is 0.0153. The quantitative estimate of drug-likeness (QED) is 0.342. The molecule has 2 aromatic rings. The third-order valence-electron chi connectivity index (χ3n) is 3.57. The number of ketones is 1. The van der Waals surface area contributed by atoms with Crippen molar-refractivity contribution in [3.05, 3.63) is 64.7 Å². The number of benzene rings is 2. The van der Waals surface area contributed by atoms with Gasteiger partial charge in [0.1, 0.15) is 6.61 Å². The van der Waals surface area contributed by atoms with E-state index in [1.165, 1.54) is 31.4 Å². The predicted octanol–water partition coefficient (Wildman–Crippen LogP) is 5.02. The SMILES string of the molecule is C=CCOc1c(Br)cc(C=CC(=O)c2ccc(O)c(OC)c2)cc1OCC. The van der Waals surface area contributed by atoms with Gasteiger partial charge in [0.2, 0.25) is 0 Å². The van der Waals surface area contributed by atoms with Crippen molar-refractivity contribution in [1.82, 2.24) is 0 Å². The fourth-order valence-corrected chi connectivity index (χ4v) is 2.90. The van der Waals surface area contributed by atoms with E-state index in [2.05, 4.69) is 22.5 Å². The number of aromatic hydroxyl groups is 1. The molecule has 0 heterocycles. The van der Waals surface area contributed by atoms with Gasteiger partial charge in [-0.05, 0) is 64.8 Å². The zero-order valence-electron chi connectivity index (χ0n) is 15.2. The number of methoxy groups -OCH3 is 1. The Morgan fingerprint density at radius 2 is 2.00 bits per heavy atom. The Kier molecular flexibility index (Phi) is 7.49. The number of ether oxygens (including phenoxy) is 3. The molecule has 0 atom stereocenters. The molecular weight excluding hydrogens is 412 g/mol. The number of allylic oxidation sites excluding steroid dienone is 1. The second-order valence-corrected chi connectivity index (χ2v) is 6.30. The van der Waals surface area contributed by atoms with Gasteiger partial charge in [0.15, 0.2) is 28.8 Å². The lowest BCUT2D eigenvalue weighted by atomic mass is 10.1. The molecule has 27 heavy (non-hydrogen) atoms. The van der Waals surface area contributed by atoms with Gasteiger partial charge in [-0.15, -0.1) is 0 Å². The van der Waals surface area contributed by atoms with Crippen molar-refractivity contribution in [1.29, 1.82) is 0 Å². The van der Waals surface area contributed by atoms with Crippen LogP contribution in [0.5, 0.6) is 23.0 Å². The van der Waals surface area contributed by atoms with Crippen molar-refractivity contribution in [2.24, 2.45) is 0 Å². The molecule has 0 saturated carbocycles. The molecular formula is C21H21BrO5. The Labute approximate surface area is 167 Å². The minimum atomic E-state index is -0.214. The van der Waals surface area contributed by atoms with Gasteiger partial charge in [-0.3, -0.25) is 4.79 Å². The molecule has 2 rings (SSSR count). The molecule has 1 N–H and O–H groups in total. The number of carbonyl (C=O) groups is 1. The molecule has 0 radical (unpaired) electrons. The highest BCUT2D eigenvalue weighted by molar-refractivity contribution is 9.10. The first-order valence-electron chi connectivity index (χ1n) is 8.29. The van der Waals surface area contributed by atoms with Crippen LogP contribution in [-0.2, 0) is 0 Å². The van der Waals surface area contributed by atoms with Crippen molar-refractivity contribution in [2.45, 2.75) is 6.92 Å². The van der Waals surface area contributed by atoms with Crippen LogP contribution in [-0.4, -0.2) is 31.2 Å². The van der Waals surface area contributed by atoms with E-state index in [1.54, 1.807) is 18.2 Å². The molecule has 0 fully saturated rings. The molecule has 0 spiro atoms. The Balaban J connectivity index is 2.27. The van der Waals surface area contributed by atoms with Gasteiger partial charge in [-0.2, -0.15) is 0 Å². The lowest BCUT2D eigenvalue weighted by molar-refractivity contribution is 0.104. The summed E-state index contributed by atoms with van der Waals surface area (Å²) < 4.78 is 17.0. The van der Waals surface area contributed by atoms with Crippen LogP contribution in [0, 0.1) is 0 Å². The Morgan fingerprint density at radius 3 is 2.67 bits per heavy atom. The zero-order valence-corrected chi connectivity index (χ0v) is 16.8. The van der Waals surface area contributed by atoms with Gasteiger partial charge in [0.05, 0.1) is 18.2 Å². The van der Waals surface area contributed by atoms with Gasteiger partial charge in [-0.25, -0.2) is 0 Å². The van der Waals surface area contributed by atoms with Gasteiger partial charge in [0, 0.05) is 5.56 Å². The van der Waals surface area contributed by atoms with Crippen molar-refractivity contribution < 1.29 is 24.1 Å². The van der Waals surface area contributed by atoms with Gasteiger partial charge in [-0.1, -0.05) is 18.7 Å². The molecule has 0 unspecified atom stereocenters. The Hall–Kier alpha value is -2.73. The van der Waals surface area contributed by atoms with Crippen LogP contribution in [0.15, 0.2) is 53.5 Å². The van der Waals surface area contributed by atoms with Crippen LogP contribution in [0.25, 0.3) is 6.08 Å². The third kappa shape index (κ3) is 5.37. The van der Waals surface area contributed by atoms with Crippen molar-refractivity contribution in [3.63, 3.8) is 0 Å². The monoisotopic (exact) mass is 432 g/mol. The summed E-state index contributed by atoms with van der Waals surface area (Å²) in [5, 5.41) is 9.63. The van der Waals surface area contributed by atoms with E-state index in [1.807, 2.05) is 13.0 Å². The number of hydrogen-bond acceptors (Lipinski definition) is 5. The van der Waals surface area contributed by atoms with E-state index in [-0.39, 0.29) is 17.3 Å². The topological polar surface area (TPSA) is 65.0 Å². The lowest BCUT2D eigenvalue weighted by Gasteiger charge is -2.13. The van der Waals surface area contributed by atoms with Gasteiger partial charge >= 0.3 is 0 Å². The van der Waals surface area contributed by atoms with E-state index >= 15 is 0 Å². The first-order chi connectivity index (χ1) is 13.0. The van der Waals surface area contributed by atoms with Crippen LogP contribution < -0.4 is 14.2 Å². The van der Waals surface area contributed by atoms with Crippen LogP contribution >= 0.6 is 15.9 Å². The van der Waals surface area contributed by atoms with Crippen LogP contribution in [0.1, 0.15) is 22.8 Å². The lowest BCUT2D eigenvalue weighted by Crippen LogP contribution is -2.00. The summed E-state index contributed by atoms with van der Waals surface area (Å²) in [4.78, 5) is 12.4. The predicted molar refractivity (Wildman–Crippen MR) is 109 cm³/mol. The fraction of sp³-hybridized carbons (Fsp3) is 0.190. The maximum atomic E-state index is 12.4. The summed E-state index contributed by atoms with van der Waals surface area (Å²) in [5.74, 6) is 1.18. The smallest absolute Gasteiger partial charge is 0.185 e. The van der Waals surface area contributed by atoms with Crippen LogP contribution in [0.4, 0.5) is 0 Å². The average Bonchev–Trinajstić information content (AvgIpc) is 2.66. The molecule has 0 aliphatic heterocycles. The third-order valence-corrected chi connectivity index (χ3v) is 4.16. The molecule has 0 bridgehead atoms. The number of rotatable bonds is 9. The van der Waals surface area contributed by atoms with E-state index in [0.29, 0.717) is 34.7 Å². The van der Waals surface area contributed by atoms with E-state index in [9.17, 15) is 9.90 Å². The van der Waals surface area contributed by atoms with Crippen molar-refractivity contribution in [2.75, 3.05) is 20.3 Å². The molecule has 0 aliphatic carbocycles. The number of halogens is 1. The normalized spacial score (nSPS) is 10.6. The van der Waals surface area contributed by atoms with Crippen LogP contribution in [0.2, 0.25) is 0 Å². The fourth-order valence-electron chi connectivity index (χ4n) is 2.33. The summed E-state index contributed by atoms with van der Waals surface area (Å²) >= 11 is 3.47. The molecule has 142 valence electrons. The molecule has 6 heteroatoms. The summed E-state index contributed by atoms with van der Waals surface area (Å²) in [5.41, 5.74) is 1.19. The van der Waals surface area contributed by atoms with E-state index < -0.39 is 0 Å². The molecule has 0 amide bonds. The maximum absolute atomic E-state index is 12.4. The standard InChI is InChI=1S/C21H21BrO5/c1-4-10-27-21-16(22)11-14(12-20(21)26-5-2)6-8-17(23)15-7-9-18(24)19(13-15)25-3/h4,6-9,11-13,24H,1,5,10H2,2-3H3. The summed E-state index contributed by atoms with van der Waals surface area (Å²) in [6, 6.07) is 8.10. The molecule has 0 aliphatic rings. The molecule has 0 aromatic heterocycles. The highest BCUT2D eigenvalue weighted by Gasteiger charge is 2.12. The number of phenols is 1. The largest absolute Gasteiger partial charge is 0.504 e. The van der Waals surface area contributed by atoms with Crippen LogP contribution in [0.3, 0.4) is 0 Å². The van der Waals surface area contributed by atoms with E-state index in [0.717, 1.165) is 5.56 Å². The highest BCUT2D eigenvalue weighted by Crippen LogP contribution is 2.37. The first-order valence-corrected chi connectivity index (χ1v) is 9.08. The van der Waals surface area contributed by atoms with Crippen molar-refractivity contribution >= 4 is 27.8 Å². The zero-order chi connectivity index (χ0) is 19.8. The Bertz CT molecular complexity index is 858. The van der Waals surface area contributed by atoms with Gasteiger partial charge in [0.25, 0.3) is 0 Å². The summed E-state index contributed by atoms with van der Waals surface area (Å²) in [6.45, 7) is 6.36. The average molecular weight is 433 g/mol. The van der Waals surface area contributed by atoms with E-state index in [4.69, 9.17) is 14.2 Å².